The van der Waals surface area contributed by atoms with Crippen LogP contribution in [0, 0.1) is 17.8 Å². The summed E-state index contributed by atoms with van der Waals surface area (Å²) < 4.78 is 4.87. The average Bonchev–Trinajstić information content (AvgIpc) is 3.92. The monoisotopic (exact) mass is 681 g/mol. The number of ether oxygens (including phenoxy) is 1. The molecular weight excluding hydrogens is 626 g/mol. The third kappa shape index (κ3) is 7.19. The van der Waals surface area contributed by atoms with E-state index in [1.807, 2.05) is 27.1 Å². The van der Waals surface area contributed by atoms with Crippen molar-refractivity contribution in [2.45, 2.75) is 108 Å². The first-order chi connectivity index (χ1) is 24.3. The summed E-state index contributed by atoms with van der Waals surface area (Å²) in [5.74, 6) is 1.49. The Balaban J connectivity index is 1.07. The van der Waals surface area contributed by atoms with Crippen LogP contribution in [0.5, 0.6) is 0 Å². The van der Waals surface area contributed by atoms with E-state index in [0.717, 1.165) is 69.6 Å². The lowest BCUT2D eigenvalue weighted by molar-refractivity contribution is -0.138. The molecule has 1 aromatic rings. The van der Waals surface area contributed by atoms with Gasteiger partial charge in [-0.15, -0.1) is 0 Å². The number of likely N-dealkylation sites (tertiary alicyclic amines) is 1. The highest BCUT2D eigenvalue weighted by Gasteiger charge is 2.48. The minimum absolute atomic E-state index is 0.0404. The molecule has 3 fully saturated rings. The van der Waals surface area contributed by atoms with Crippen molar-refractivity contribution >= 4 is 23.3 Å². The normalized spacial score (nSPS) is 30.7. The number of H-pyrrole nitrogens is 1. The van der Waals surface area contributed by atoms with Gasteiger partial charge in [-0.1, -0.05) is 63.1 Å². The predicted molar refractivity (Wildman–Crippen MR) is 198 cm³/mol. The van der Waals surface area contributed by atoms with Crippen molar-refractivity contribution in [1.82, 2.24) is 30.8 Å². The lowest BCUT2D eigenvalue weighted by atomic mass is 9.79. The Morgan fingerprint density at radius 1 is 1.12 bits per heavy atom. The molecule has 1 saturated carbocycles. The van der Waals surface area contributed by atoms with E-state index in [4.69, 9.17) is 9.72 Å². The average molecular weight is 682 g/mol. The number of hydrogen-bond acceptors (Lipinski definition) is 7. The summed E-state index contributed by atoms with van der Waals surface area (Å²) in [5, 5.41) is 10.2. The number of imidazole rings is 1. The minimum Gasteiger partial charge on any atom is -0.453 e. The summed E-state index contributed by atoms with van der Waals surface area (Å²) in [6, 6.07) is 0.219. The summed E-state index contributed by atoms with van der Waals surface area (Å²) in [4.78, 5) is 41.6. The molecule has 7 atom stereocenters. The summed E-state index contributed by atoms with van der Waals surface area (Å²) in [5.41, 5.74) is 7.54. The van der Waals surface area contributed by atoms with Gasteiger partial charge in [-0.05, 0) is 85.6 Å². The molecule has 3 heterocycles. The van der Waals surface area contributed by atoms with Crippen molar-refractivity contribution in [3.8, 4) is 0 Å². The largest absolute Gasteiger partial charge is 0.453 e. The van der Waals surface area contributed by atoms with Crippen molar-refractivity contribution in [1.29, 1.82) is 0 Å². The number of alkyl carbamates (subject to hydrolysis) is 1. The number of allylic oxidation sites excluding steroid dienone is 9. The number of aromatic amines is 1. The van der Waals surface area contributed by atoms with Crippen LogP contribution in [-0.4, -0.2) is 84.0 Å². The van der Waals surface area contributed by atoms with E-state index in [1.54, 1.807) is 0 Å². The molecule has 10 heteroatoms. The number of nitrogens with zero attached hydrogens (tertiary/aromatic N) is 3. The molecule has 6 aliphatic rings. The van der Waals surface area contributed by atoms with Gasteiger partial charge in [0.1, 0.15) is 11.9 Å². The van der Waals surface area contributed by atoms with Gasteiger partial charge in [0.2, 0.25) is 5.91 Å². The van der Waals surface area contributed by atoms with Crippen molar-refractivity contribution in [2.75, 3.05) is 27.2 Å². The van der Waals surface area contributed by atoms with Crippen LogP contribution in [0.25, 0.3) is 5.57 Å². The van der Waals surface area contributed by atoms with Crippen LogP contribution >= 0.6 is 0 Å². The number of carbonyl (C=O) groups is 2. The van der Waals surface area contributed by atoms with Gasteiger partial charge in [-0.2, -0.15) is 0 Å². The molecule has 10 nitrogen and oxygen atoms in total. The number of rotatable bonds is 9. The second-order valence-corrected chi connectivity index (χ2v) is 15.4. The molecule has 4 N–H and O–H groups in total. The molecule has 2 amide bonds. The smallest absolute Gasteiger partial charge is 0.407 e. The number of methoxy groups -OCH3 is 1. The molecule has 50 heavy (non-hydrogen) atoms. The zero-order chi connectivity index (χ0) is 34.8. The van der Waals surface area contributed by atoms with Gasteiger partial charge >= 0.3 is 6.09 Å². The number of aliphatic imine (C=N–C) groups is 1. The van der Waals surface area contributed by atoms with Crippen molar-refractivity contribution in [3.05, 3.63) is 70.9 Å². The summed E-state index contributed by atoms with van der Waals surface area (Å²) >= 11 is 0. The molecule has 7 rings (SSSR count). The Labute approximate surface area is 297 Å². The first-order valence-corrected chi connectivity index (χ1v) is 19.0. The molecule has 1 aromatic heterocycles. The second-order valence-electron chi connectivity index (χ2n) is 15.4. The first-order valence-electron chi connectivity index (χ1n) is 19.0. The molecule has 268 valence electrons. The van der Waals surface area contributed by atoms with E-state index >= 15 is 0 Å². The summed E-state index contributed by atoms with van der Waals surface area (Å²) in [6.45, 7) is 6.05. The van der Waals surface area contributed by atoms with Gasteiger partial charge in [-0.25, -0.2) is 9.78 Å². The Morgan fingerprint density at radius 3 is 2.76 bits per heavy atom. The molecule has 0 spiro atoms. The maximum atomic E-state index is 14.2. The number of nitrogens with one attached hydrogen (secondary N) is 4. The Kier molecular flexibility index (Phi) is 10.6. The number of hydrogen-bond donors (Lipinski definition) is 4. The van der Waals surface area contributed by atoms with Crippen LogP contribution < -0.4 is 16.0 Å². The molecular formula is C40H55N7O3. The third-order valence-corrected chi connectivity index (χ3v) is 12.0. The molecule has 2 aliphatic heterocycles. The lowest BCUT2D eigenvalue weighted by Gasteiger charge is -2.36. The molecule has 4 aliphatic carbocycles. The number of amides is 2. The topological polar surface area (TPSA) is 124 Å². The van der Waals surface area contributed by atoms with Gasteiger partial charge < -0.3 is 30.6 Å². The fourth-order valence-electron chi connectivity index (χ4n) is 9.15. The van der Waals surface area contributed by atoms with Crippen molar-refractivity contribution < 1.29 is 14.3 Å². The molecule has 7 unspecified atom stereocenters. The van der Waals surface area contributed by atoms with Crippen molar-refractivity contribution in [2.24, 2.45) is 22.7 Å². The second kappa shape index (κ2) is 15.2. The van der Waals surface area contributed by atoms with Gasteiger partial charge in [0.15, 0.2) is 0 Å². The number of carbonyl (C=O) groups excluding carboxylic acids is 2. The molecule has 0 aromatic carbocycles. The van der Waals surface area contributed by atoms with E-state index in [0.29, 0.717) is 17.9 Å². The van der Waals surface area contributed by atoms with Gasteiger partial charge in [0, 0.05) is 49.8 Å². The third-order valence-electron chi connectivity index (χ3n) is 12.0. The SMILES string of the molecule is CN=C1CC=C(C2=CC3=CC=C(c4cnc(C5CC6CCCCC6N5C(=O)C(NC(=O)OC)C(C)C)[nH]4)CC3C=C2)CC1NCC1CCCN1. The lowest BCUT2D eigenvalue weighted by Crippen LogP contribution is -2.53. The highest BCUT2D eigenvalue weighted by atomic mass is 16.5. The maximum absolute atomic E-state index is 14.2. The predicted octanol–water partition coefficient (Wildman–Crippen LogP) is 5.95. The molecule has 0 radical (unpaired) electrons. The fourth-order valence-corrected chi connectivity index (χ4v) is 9.15. The van der Waals surface area contributed by atoms with E-state index in [1.165, 1.54) is 54.4 Å². The Morgan fingerprint density at radius 2 is 1.98 bits per heavy atom. The van der Waals surface area contributed by atoms with Crippen LogP contribution in [0.1, 0.15) is 95.6 Å². The molecule has 0 bridgehead atoms. The van der Waals surface area contributed by atoms with Gasteiger partial charge in [-0.3, -0.25) is 9.79 Å². The van der Waals surface area contributed by atoms with E-state index in [9.17, 15) is 9.59 Å². The number of aromatic nitrogens is 2. The van der Waals surface area contributed by atoms with Crippen LogP contribution in [0.2, 0.25) is 0 Å². The fraction of sp³-hybridized carbons (Fsp3) is 0.600. The van der Waals surface area contributed by atoms with Gasteiger partial charge in [0.05, 0.1) is 25.0 Å². The van der Waals surface area contributed by atoms with Crippen LogP contribution in [0.15, 0.2) is 64.4 Å². The molecule has 2 saturated heterocycles. The highest BCUT2D eigenvalue weighted by Crippen LogP contribution is 2.46. The summed E-state index contributed by atoms with van der Waals surface area (Å²) in [7, 11) is 3.26. The number of fused-ring (bicyclic) bond motifs is 2. The Hall–Kier alpha value is -3.76. The van der Waals surface area contributed by atoms with E-state index in [-0.39, 0.29) is 30.0 Å². The van der Waals surface area contributed by atoms with E-state index < -0.39 is 12.1 Å². The van der Waals surface area contributed by atoms with Crippen LogP contribution in [-0.2, 0) is 9.53 Å². The van der Waals surface area contributed by atoms with Crippen LogP contribution in [0.3, 0.4) is 0 Å². The standard InChI is InChI=1S/C40H55N7O3/c1-24(2)37(46-40(49)50-4)39(48)47-35-10-6-5-8-30(35)21-36(47)38-44-23-34(45-38)29-14-13-25-18-26(11-12-27(25)19-29)28-15-16-32(41-3)33(20-28)43-22-31-9-7-17-42-31/h11-15,18,23-24,27,30-31,33,35-37,42-43H,5-10,16-17,19-22H2,1-4H3,(H,44,45)(H,46,49). The van der Waals surface area contributed by atoms with Gasteiger partial charge in [0.25, 0.3) is 0 Å². The van der Waals surface area contributed by atoms with Crippen molar-refractivity contribution in [3.63, 3.8) is 0 Å². The van der Waals surface area contributed by atoms with Crippen LogP contribution in [0.4, 0.5) is 4.79 Å². The summed E-state index contributed by atoms with van der Waals surface area (Å²) in [6.07, 6.45) is 25.9. The minimum atomic E-state index is -0.650. The zero-order valence-corrected chi connectivity index (χ0v) is 30.2. The van der Waals surface area contributed by atoms with E-state index in [2.05, 4.69) is 67.3 Å². The quantitative estimate of drug-likeness (QED) is 0.256. The first kappa shape index (κ1) is 34.7. The Bertz CT molecular complexity index is 1620. The highest BCUT2D eigenvalue weighted by molar-refractivity contribution is 5.92. The maximum Gasteiger partial charge on any atom is 0.407 e. The zero-order valence-electron chi connectivity index (χ0n) is 30.2.